The minimum Gasteiger partial charge on any atom is -0.365 e. The van der Waals surface area contributed by atoms with Gasteiger partial charge in [0.15, 0.2) is 5.65 Å². The molecule has 1 aliphatic carbocycles. The van der Waals surface area contributed by atoms with Crippen LogP contribution in [-0.4, -0.2) is 33.0 Å². The third-order valence-electron chi connectivity index (χ3n) is 6.33. The van der Waals surface area contributed by atoms with E-state index < -0.39 is 0 Å². The number of aryl methyl sites for hydroxylation is 1. The number of aromatic amines is 1. The lowest BCUT2D eigenvalue weighted by Crippen LogP contribution is -2.33. The van der Waals surface area contributed by atoms with Crippen LogP contribution in [0.15, 0.2) is 42.7 Å². The fraction of sp³-hybridized carbons (Fsp3) is 0.375. The van der Waals surface area contributed by atoms with E-state index >= 15 is 0 Å². The van der Waals surface area contributed by atoms with Gasteiger partial charge < -0.3 is 15.2 Å². The van der Waals surface area contributed by atoms with Gasteiger partial charge in [-0.15, -0.1) is 0 Å². The maximum absolute atomic E-state index is 4.83. The molecule has 6 nitrogen and oxygen atoms in total. The summed E-state index contributed by atoms with van der Waals surface area (Å²) in [4.78, 5) is 19.8. The third-order valence-corrected chi connectivity index (χ3v) is 6.33. The zero-order valence-corrected chi connectivity index (χ0v) is 17.7. The number of hydrogen-bond donors (Lipinski definition) is 2. The fourth-order valence-corrected chi connectivity index (χ4v) is 4.60. The number of anilines is 2. The molecular formula is C24H28N6. The van der Waals surface area contributed by atoms with Crippen molar-refractivity contribution in [1.29, 1.82) is 0 Å². The van der Waals surface area contributed by atoms with Gasteiger partial charge in [-0.1, -0.05) is 31.4 Å². The lowest BCUT2D eigenvalue weighted by molar-refractivity contribution is 0.426. The molecule has 2 N–H and O–H groups in total. The average Bonchev–Trinajstić information content (AvgIpc) is 3.18. The zero-order valence-electron chi connectivity index (χ0n) is 17.7. The summed E-state index contributed by atoms with van der Waals surface area (Å²) in [5.74, 6) is 1.73. The molecule has 1 fully saturated rings. The second kappa shape index (κ2) is 7.94. The lowest BCUT2D eigenvalue weighted by atomic mass is 9.94. The molecule has 4 aromatic rings. The first kappa shape index (κ1) is 18.9. The van der Waals surface area contributed by atoms with Gasteiger partial charge in [-0.05, 0) is 49.1 Å². The highest BCUT2D eigenvalue weighted by atomic mass is 15.2. The molecule has 6 heteroatoms. The molecule has 0 aliphatic heterocycles. The number of hydrogen-bond acceptors (Lipinski definition) is 5. The van der Waals surface area contributed by atoms with E-state index in [-0.39, 0.29) is 0 Å². The van der Waals surface area contributed by atoms with E-state index in [1.54, 1.807) is 6.20 Å². The standard InChI is InChI=1S/C24H28N6/c1-16-13-25-19-10-6-7-17(23(16)19)14-27-21-15-26-20-11-12-22(29-24(20)28-21)30(2)18-8-4-3-5-9-18/h6-7,10-13,15,18,25H,3-5,8-9,14H2,1-2H3,(H,27,28,29). The Bertz CT molecular complexity index is 1170. The van der Waals surface area contributed by atoms with Crippen LogP contribution in [0.3, 0.4) is 0 Å². The maximum Gasteiger partial charge on any atom is 0.182 e. The number of benzene rings is 1. The molecule has 1 saturated carbocycles. The monoisotopic (exact) mass is 400 g/mol. The molecule has 3 heterocycles. The van der Waals surface area contributed by atoms with Gasteiger partial charge >= 0.3 is 0 Å². The summed E-state index contributed by atoms with van der Waals surface area (Å²) in [6.45, 7) is 2.82. The first-order valence-electron chi connectivity index (χ1n) is 10.8. The summed E-state index contributed by atoms with van der Waals surface area (Å²) in [5, 5.41) is 4.70. The summed E-state index contributed by atoms with van der Waals surface area (Å²) in [6.07, 6.45) is 10.3. The predicted molar refractivity (Wildman–Crippen MR) is 123 cm³/mol. The molecule has 0 bridgehead atoms. The summed E-state index contributed by atoms with van der Waals surface area (Å²) in [6, 6.07) is 11.0. The summed E-state index contributed by atoms with van der Waals surface area (Å²) >= 11 is 0. The molecule has 154 valence electrons. The van der Waals surface area contributed by atoms with Crippen LogP contribution in [0, 0.1) is 6.92 Å². The van der Waals surface area contributed by atoms with Crippen molar-refractivity contribution in [3.63, 3.8) is 0 Å². The molecule has 1 aliphatic rings. The molecule has 0 atom stereocenters. The SMILES string of the molecule is Cc1c[nH]c2cccc(CNc3cnc4ccc(N(C)C5CCCCC5)nc4n3)c12. The Labute approximate surface area is 176 Å². The highest BCUT2D eigenvalue weighted by Crippen LogP contribution is 2.26. The molecule has 1 aromatic carbocycles. The number of H-pyrrole nitrogens is 1. The van der Waals surface area contributed by atoms with E-state index in [2.05, 4.69) is 64.6 Å². The van der Waals surface area contributed by atoms with Crippen LogP contribution in [0.5, 0.6) is 0 Å². The van der Waals surface area contributed by atoms with E-state index in [4.69, 9.17) is 9.97 Å². The second-order valence-electron chi connectivity index (χ2n) is 8.34. The van der Waals surface area contributed by atoms with E-state index in [9.17, 15) is 0 Å². The number of rotatable bonds is 5. The highest BCUT2D eigenvalue weighted by molar-refractivity contribution is 5.86. The Morgan fingerprint density at radius 2 is 1.97 bits per heavy atom. The van der Waals surface area contributed by atoms with E-state index in [1.165, 1.54) is 48.6 Å². The van der Waals surface area contributed by atoms with Crippen molar-refractivity contribution in [2.24, 2.45) is 0 Å². The number of fused-ring (bicyclic) bond motifs is 2. The van der Waals surface area contributed by atoms with Gasteiger partial charge in [-0.25, -0.2) is 15.0 Å². The van der Waals surface area contributed by atoms with Crippen molar-refractivity contribution in [2.75, 3.05) is 17.3 Å². The highest BCUT2D eigenvalue weighted by Gasteiger charge is 2.19. The Kier molecular flexibility index (Phi) is 4.99. The molecule has 30 heavy (non-hydrogen) atoms. The van der Waals surface area contributed by atoms with Crippen LogP contribution >= 0.6 is 0 Å². The van der Waals surface area contributed by atoms with Gasteiger partial charge in [0.2, 0.25) is 0 Å². The largest absolute Gasteiger partial charge is 0.365 e. The molecule has 5 rings (SSSR count). The van der Waals surface area contributed by atoms with Crippen molar-refractivity contribution in [1.82, 2.24) is 19.9 Å². The minimum atomic E-state index is 0.572. The van der Waals surface area contributed by atoms with Crippen LogP contribution in [0.1, 0.15) is 43.2 Å². The summed E-state index contributed by atoms with van der Waals surface area (Å²) < 4.78 is 0. The first-order valence-corrected chi connectivity index (χ1v) is 10.8. The van der Waals surface area contributed by atoms with Crippen molar-refractivity contribution < 1.29 is 0 Å². The van der Waals surface area contributed by atoms with Crippen LogP contribution in [0.25, 0.3) is 22.1 Å². The van der Waals surface area contributed by atoms with Gasteiger partial charge in [0.1, 0.15) is 17.2 Å². The number of nitrogens with zero attached hydrogens (tertiary/aromatic N) is 4. The number of aromatic nitrogens is 4. The number of pyridine rings is 1. The second-order valence-corrected chi connectivity index (χ2v) is 8.34. The normalized spacial score (nSPS) is 15.0. The smallest absolute Gasteiger partial charge is 0.182 e. The van der Waals surface area contributed by atoms with E-state index in [1.807, 2.05) is 6.07 Å². The molecule has 0 saturated heterocycles. The minimum absolute atomic E-state index is 0.572. The molecule has 0 amide bonds. The Morgan fingerprint density at radius 3 is 2.83 bits per heavy atom. The average molecular weight is 401 g/mol. The van der Waals surface area contributed by atoms with Gasteiger partial charge in [-0.2, -0.15) is 0 Å². The molecular weight excluding hydrogens is 372 g/mol. The van der Waals surface area contributed by atoms with Gasteiger partial charge in [0.25, 0.3) is 0 Å². The summed E-state index contributed by atoms with van der Waals surface area (Å²) in [5.41, 5.74) is 5.17. The van der Waals surface area contributed by atoms with Crippen LogP contribution in [0.2, 0.25) is 0 Å². The first-order chi connectivity index (χ1) is 14.7. The Balaban J connectivity index is 1.37. The summed E-state index contributed by atoms with van der Waals surface area (Å²) in [7, 11) is 2.15. The lowest BCUT2D eigenvalue weighted by Gasteiger charge is -2.32. The predicted octanol–water partition coefficient (Wildman–Crippen LogP) is 5.20. The molecule has 0 spiro atoms. The van der Waals surface area contributed by atoms with Gasteiger partial charge in [-0.3, -0.25) is 0 Å². The van der Waals surface area contributed by atoms with Crippen molar-refractivity contribution >= 4 is 33.7 Å². The molecule has 0 unspecified atom stereocenters. The fourth-order valence-electron chi connectivity index (χ4n) is 4.60. The number of nitrogens with one attached hydrogen (secondary N) is 2. The van der Waals surface area contributed by atoms with Crippen LogP contribution in [0.4, 0.5) is 11.6 Å². The van der Waals surface area contributed by atoms with Crippen LogP contribution < -0.4 is 10.2 Å². The van der Waals surface area contributed by atoms with E-state index in [0.717, 1.165) is 22.7 Å². The van der Waals surface area contributed by atoms with E-state index in [0.29, 0.717) is 18.2 Å². The maximum atomic E-state index is 4.83. The topological polar surface area (TPSA) is 69.7 Å². The van der Waals surface area contributed by atoms with Crippen molar-refractivity contribution in [3.05, 3.63) is 53.9 Å². The van der Waals surface area contributed by atoms with Crippen molar-refractivity contribution in [3.8, 4) is 0 Å². The Hall–Kier alpha value is -3.15. The third kappa shape index (κ3) is 3.58. The zero-order chi connectivity index (χ0) is 20.5. The quantitative estimate of drug-likeness (QED) is 0.482. The van der Waals surface area contributed by atoms with Gasteiger partial charge in [0.05, 0.1) is 6.20 Å². The Morgan fingerprint density at radius 1 is 1.10 bits per heavy atom. The molecule has 0 radical (unpaired) electrons. The van der Waals surface area contributed by atoms with Crippen molar-refractivity contribution in [2.45, 2.75) is 51.6 Å². The molecule has 3 aromatic heterocycles. The van der Waals surface area contributed by atoms with Crippen LogP contribution in [-0.2, 0) is 6.54 Å². The van der Waals surface area contributed by atoms with Gasteiger partial charge in [0, 0.05) is 36.7 Å².